The highest BCUT2D eigenvalue weighted by Crippen LogP contribution is 2.12. The number of carbonyl (C=O) groups excluding carboxylic acids is 1. The predicted molar refractivity (Wildman–Crippen MR) is 74.3 cm³/mol. The van der Waals surface area contributed by atoms with E-state index in [1.54, 1.807) is 11.1 Å². The monoisotopic (exact) mass is 263 g/mol. The van der Waals surface area contributed by atoms with Gasteiger partial charge in [-0.25, -0.2) is 0 Å². The number of rotatable bonds is 4. The molecule has 0 saturated carbocycles. The number of nitrogens with one attached hydrogen (secondary N) is 1. The topological polar surface area (TPSA) is 54.5 Å². The van der Waals surface area contributed by atoms with Gasteiger partial charge in [0, 0.05) is 31.5 Å². The fraction of sp³-hybridized carbons (Fsp3) is 0.571. The third-order valence-electron chi connectivity index (χ3n) is 3.09. The van der Waals surface area contributed by atoms with Gasteiger partial charge < -0.3 is 15.0 Å². The average Bonchev–Trinajstić information content (AvgIpc) is 2.44. The fourth-order valence-corrected chi connectivity index (χ4v) is 2.09. The standard InChI is InChI=1S/C14H21N3O2/c1-3-5-15-12-4-6-16-13(9-12)14(18)17-7-8-19-11(2)10-17/h4,6,9,11H,3,5,7-8,10H2,1-2H3,(H,15,16). The lowest BCUT2D eigenvalue weighted by Gasteiger charge is -2.30. The van der Waals surface area contributed by atoms with Gasteiger partial charge in [0.15, 0.2) is 0 Å². The molecule has 1 fully saturated rings. The minimum atomic E-state index is -0.0182. The minimum absolute atomic E-state index is 0.0182. The van der Waals surface area contributed by atoms with E-state index >= 15 is 0 Å². The lowest BCUT2D eigenvalue weighted by atomic mass is 10.2. The van der Waals surface area contributed by atoms with Crippen LogP contribution in [0.5, 0.6) is 0 Å². The maximum absolute atomic E-state index is 12.4. The van der Waals surface area contributed by atoms with Crippen molar-refractivity contribution in [3.63, 3.8) is 0 Å². The molecule has 19 heavy (non-hydrogen) atoms. The van der Waals surface area contributed by atoms with Crippen molar-refractivity contribution in [1.82, 2.24) is 9.88 Å². The molecule has 0 radical (unpaired) electrons. The van der Waals surface area contributed by atoms with E-state index in [1.807, 2.05) is 19.1 Å². The first-order valence-electron chi connectivity index (χ1n) is 6.81. The molecule has 1 aliphatic heterocycles. The van der Waals surface area contributed by atoms with Gasteiger partial charge in [-0.1, -0.05) is 6.92 Å². The number of ether oxygens (including phenoxy) is 1. The molecule has 0 aromatic carbocycles. The zero-order valence-electron chi connectivity index (χ0n) is 11.6. The summed E-state index contributed by atoms with van der Waals surface area (Å²) in [5.74, 6) is -0.0182. The molecule has 104 valence electrons. The molecule has 1 aromatic heterocycles. The number of hydrogen-bond acceptors (Lipinski definition) is 4. The Labute approximate surface area is 114 Å². The number of aromatic nitrogens is 1. The Balaban J connectivity index is 2.05. The summed E-state index contributed by atoms with van der Waals surface area (Å²) < 4.78 is 5.44. The predicted octanol–water partition coefficient (Wildman–Crippen LogP) is 1.76. The van der Waals surface area contributed by atoms with Crippen molar-refractivity contribution in [3.8, 4) is 0 Å². The Hall–Kier alpha value is -1.62. The molecule has 2 heterocycles. The molecule has 1 atom stereocenters. The van der Waals surface area contributed by atoms with Crippen LogP contribution in [0, 0.1) is 0 Å². The highest BCUT2D eigenvalue weighted by molar-refractivity contribution is 5.93. The number of morpholine rings is 1. The summed E-state index contributed by atoms with van der Waals surface area (Å²) in [6.45, 7) is 6.85. The normalized spacial score (nSPS) is 19.3. The highest BCUT2D eigenvalue weighted by atomic mass is 16.5. The van der Waals surface area contributed by atoms with Gasteiger partial charge in [0.1, 0.15) is 5.69 Å². The van der Waals surface area contributed by atoms with E-state index in [1.165, 1.54) is 0 Å². The lowest BCUT2D eigenvalue weighted by Crippen LogP contribution is -2.44. The maximum Gasteiger partial charge on any atom is 0.272 e. The van der Waals surface area contributed by atoms with Gasteiger partial charge in [0.2, 0.25) is 0 Å². The van der Waals surface area contributed by atoms with Crippen molar-refractivity contribution in [2.24, 2.45) is 0 Å². The zero-order valence-corrected chi connectivity index (χ0v) is 11.6. The molecule has 5 nitrogen and oxygen atoms in total. The van der Waals surface area contributed by atoms with Crippen LogP contribution in [-0.2, 0) is 4.74 Å². The van der Waals surface area contributed by atoms with Crippen LogP contribution in [0.25, 0.3) is 0 Å². The molecular formula is C14H21N3O2. The van der Waals surface area contributed by atoms with Gasteiger partial charge in [-0.05, 0) is 25.5 Å². The molecule has 2 rings (SSSR count). The first kappa shape index (κ1) is 13.8. The van der Waals surface area contributed by atoms with Crippen molar-refractivity contribution in [2.45, 2.75) is 26.4 Å². The molecule has 5 heteroatoms. The van der Waals surface area contributed by atoms with Gasteiger partial charge in [0.05, 0.1) is 12.7 Å². The molecular weight excluding hydrogens is 242 g/mol. The SMILES string of the molecule is CCCNc1ccnc(C(=O)N2CCOC(C)C2)c1. The van der Waals surface area contributed by atoms with Crippen LogP contribution in [0.15, 0.2) is 18.3 Å². The maximum atomic E-state index is 12.4. The van der Waals surface area contributed by atoms with Crippen molar-refractivity contribution in [1.29, 1.82) is 0 Å². The van der Waals surface area contributed by atoms with Gasteiger partial charge in [-0.3, -0.25) is 9.78 Å². The first-order valence-corrected chi connectivity index (χ1v) is 6.81. The van der Waals surface area contributed by atoms with Crippen LogP contribution in [0.3, 0.4) is 0 Å². The van der Waals surface area contributed by atoms with E-state index in [0.29, 0.717) is 25.4 Å². The van der Waals surface area contributed by atoms with Crippen LogP contribution in [-0.4, -0.2) is 48.1 Å². The van der Waals surface area contributed by atoms with Gasteiger partial charge in [-0.15, -0.1) is 0 Å². The van der Waals surface area contributed by atoms with E-state index < -0.39 is 0 Å². The van der Waals surface area contributed by atoms with Crippen molar-refractivity contribution < 1.29 is 9.53 Å². The average molecular weight is 263 g/mol. The number of anilines is 1. The Bertz CT molecular complexity index is 436. The quantitative estimate of drug-likeness (QED) is 0.899. The van der Waals surface area contributed by atoms with Crippen LogP contribution in [0.1, 0.15) is 30.8 Å². The Morgan fingerprint density at radius 3 is 3.21 bits per heavy atom. The van der Waals surface area contributed by atoms with Gasteiger partial charge in [0.25, 0.3) is 5.91 Å². The second-order valence-corrected chi connectivity index (χ2v) is 4.79. The van der Waals surface area contributed by atoms with Crippen molar-refractivity contribution in [2.75, 3.05) is 31.6 Å². The molecule has 1 N–H and O–H groups in total. The minimum Gasteiger partial charge on any atom is -0.385 e. The Morgan fingerprint density at radius 1 is 1.63 bits per heavy atom. The van der Waals surface area contributed by atoms with Crippen molar-refractivity contribution in [3.05, 3.63) is 24.0 Å². The largest absolute Gasteiger partial charge is 0.385 e. The summed E-state index contributed by atoms with van der Waals surface area (Å²) in [5, 5.41) is 3.27. The highest BCUT2D eigenvalue weighted by Gasteiger charge is 2.23. The van der Waals surface area contributed by atoms with Crippen LogP contribution < -0.4 is 5.32 Å². The van der Waals surface area contributed by atoms with Crippen molar-refractivity contribution >= 4 is 11.6 Å². The molecule has 1 aliphatic rings. The first-order chi connectivity index (χ1) is 9.20. The lowest BCUT2D eigenvalue weighted by molar-refractivity contribution is -0.0126. The number of pyridine rings is 1. The number of amides is 1. The third kappa shape index (κ3) is 3.67. The molecule has 1 aromatic rings. The smallest absolute Gasteiger partial charge is 0.272 e. The van der Waals surface area contributed by atoms with Crippen LogP contribution in [0.4, 0.5) is 5.69 Å². The van der Waals surface area contributed by atoms with E-state index in [2.05, 4.69) is 17.2 Å². The van der Waals surface area contributed by atoms with E-state index in [-0.39, 0.29) is 12.0 Å². The summed E-state index contributed by atoms with van der Waals surface area (Å²) in [6, 6.07) is 3.70. The molecule has 0 aliphatic carbocycles. The number of carbonyl (C=O) groups is 1. The van der Waals surface area contributed by atoms with Gasteiger partial charge >= 0.3 is 0 Å². The van der Waals surface area contributed by atoms with E-state index in [4.69, 9.17) is 4.74 Å². The van der Waals surface area contributed by atoms with Gasteiger partial charge in [-0.2, -0.15) is 0 Å². The third-order valence-corrected chi connectivity index (χ3v) is 3.09. The molecule has 1 saturated heterocycles. The second-order valence-electron chi connectivity index (χ2n) is 4.79. The summed E-state index contributed by atoms with van der Waals surface area (Å²) in [4.78, 5) is 18.3. The summed E-state index contributed by atoms with van der Waals surface area (Å²) in [5.41, 5.74) is 1.44. The van der Waals surface area contributed by atoms with Crippen LogP contribution in [0.2, 0.25) is 0 Å². The molecule has 1 amide bonds. The molecule has 1 unspecified atom stereocenters. The fourth-order valence-electron chi connectivity index (χ4n) is 2.09. The van der Waals surface area contributed by atoms with E-state index in [0.717, 1.165) is 18.7 Å². The summed E-state index contributed by atoms with van der Waals surface area (Å²) in [7, 11) is 0. The van der Waals surface area contributed by atoms with Crippen LogP contribution >= 0.6 is 0 Å². The Kier molecular flexibility index (Phi) is 4.74. The second kappa shape index (κ2) is 6.52. The number of hydrogen-bond donors (Lipinski definition) is 1. The molecule has 0 spiro atoms. The summed E-state index contributed by atoms with van der Waals surface area (Å²) >= 11 is 0. The Morgan fingerprint density at radius 2 is 2.47 bits per heavy atom. The van der Waals surface area contributed by atoms with E-state index in [9.17, 15) is 4.79 Å². The zero-order chi connectivity index (χ0) is 13.7. The number of nitrogens with zero attached hydrogens (tertiary/aromatic N) is 2. The summed E-state index contributed by atoms with van der Waals surface area (Å²) in [6.07, 6.45) is 2.82. The molecule has 0 bridgehead atoms.